The zero-order valence-corrected chi connectivity index (χ0v) is 82.9. The third kappa shape index (κ3) is 33.6. The van der Waals surface area contributed by atoms with Gasteiger partial charge >= 0.3 is 12.1 Å². The van der Waals surface area contributed by atoms with Crippen LogP contribution in [0.25, 0.3) is 0 Å². The Labute approximate surface area is 799 Å². The van der Waals surface area contributed by atoms with Crippen molar-refractivity contribution in [3.05, 3.63) is 419 Å². The fourth-order valence-corrected chi connectivity index (χ4v) is 23.6. The van der Waals surface area contributed by atoms with Crippen LogP contribution in [0.1, 0.15) is 124 Å². The normalized spacial score (nSPS) is 11.4. The van der Waals surface area contributed by atoms with Crippen LogP contribution in [0.3, 0.4) is 0 Å². The van der Waals surface area contributed by atoms with E-state index >= 15 is 0 Å². The first-order valence-corrected chi connectivity index (χ1v) is 50.7. The summed E-state index contributed by atoms with van der Waals surface area (Å²) >= 11 is 0. The van der Waals surface area contributed by atoms with E-state index in [9.17, 15) is 9.59 Å². The van der Waals surface area contributed by atoms with E-state index in [1.807, 2.05) is 102 Å². The largest absolute Gasteiger partial charge is 0.514 e. The number of carbonyl (C=O) groups excluding carboxylic acids is 2. The van der Waals surface area contributed by atoms with Crippen LogP contribution in [0.2, 0.25) is 0 Å². The Kier molecular flexibility index (Phi) is 37.5. The highest BCUT2D eigenvalue weighted by Gasteiger charge is 2.35. The summed E-state index contributed by atoms with van der Waals surface area (Å²) in [5, 5.41) is 0. The van der Waals surface area contributed by atoms with E-state index in [0.29, 0.717) is 11.5 Å². The molecule has 15 rings (SSSR count). The lowest BCUT2D eigenvalue weighted by Gasteiger charge is -2.21. The molecular weight excluding hydrogens is 1730 g/mol. The highest BCUT2D eigenvalue weighted by atomic mass is 32.2. The van der Waals surface area contributed by atoms with Gasteiger partial charge in [-0.25, -0.2) is 9.59 Å². The number of unbranched alkanes of at least 4 members (excludes halogenated alkanes) is 1. The molecule has 132 heavy (non-hydrogen) atoms. The molecule has 0 aliphatic carbocycles. The van der Waals surface area contributed by atoms with Gasteiger partial charge < -0.3 is 37.9 Å². The summed E-state index contributed by atoms with van der Waals surface area (Å²) in [5.74, 6) is 4.41. The average Bonchev–Trinajstić information content (AvgIpc) is 0.816. The summed E-state index contributed by atoms with van der Waals surface area (Å²) in [6.07, 6.45) is 1.56. The van der Waals surface area contributed by atoms with Crippen LogP contribution in [-0.4, -0.2) is 53.3 Å². The van der Waals surface area contributed by atoms with E-state index in [0.717, 1.165) is 47.3 Å². The standard InChI is InChI=1S/C26H31O2S.C24H25O3S.C23H23O3S.2C22H23OS/c1-25(2,3)27-20-12-16-23(17-13-20)29(22-10-8-7-9-11-22)24-18-14-21(15-19-24)28-26(4,5)6;1-24(2,3)27-23(25)18-26-19-14-16-22(17-15-19)28(20-10-6-4-7-11-20)21-12-8-5-9-13-21;1-23(2,3)26-22(24)25-18-14-16-21(17-15-18)27(19-10-6-4-7-11-19)20-12-8-5-9-13-20;1-22(2,3)23-18-14-16-21(17-15-18)24(19-10-6-4-7-11-19)20-12-8-5-9-13-20;1-2-3-18-23-19-14-16-22(17-15-19)24(20-10-6-4-7-11-20)21-12-8-5-9-13-21/h7-19H,1-6H3;4-17H,18H2,1-3H3;4-17H,1-3H3;4-17H,1-3H3;4-17H,2-3,18H2,1H3/q5*+1. The van der Waals surface area contributed by atoms with E-state index in [-0.39, 0.29) is 83.9 Å². The first-order chi connectivity index (χ1) is 63.4. The fraction of sp³-hybridized carbons (Fsp3) is 0.214. The molecule has 15 aromatic carbocycles. The predicted molar refractivity (Wildman–Crippen MR) is 547 cm³/mol. The van der Waals surface area contributed by atoms with Gasteiger partial charge in [0.15, 0.2) is 80.0 Å². The molecule has 0 spiro atoms. The molecule has 0 fully saturated rings. The highest BCUT2D eigenvalue weighted by molar-refractivity contribution is 7.98. The Morgan fingerprint density at radius 3 is 0.583 bits per heavy atom. The van der Waals surface area contributed by atoms with Gasteiger partial charge in [0.2, 0.25) is 0 Å². The second kappa shape index (κ2) is 49.3. The minimum absolute atomic E-state index is 0.0858. The molecule has 678 valence electrons. The van der Waals surface area contributed by atoms with Crippen LogP contribution < -0.4 is 28.4 Å². The van der Waals surface area contributed by atoms with Crippen LogP contribution in [0.15, 0.2) is 492 Å². The van der Waals surface area contributed by atoms with Gasteiger partial charge in [0.1, 0.15) is 62.5 Å². The molecule has 0 saturated carbocycles. The van der Waals surface area contributed by atoms with Gasteiger partial charge in [-0.2, -0.15) is 0 Å². The van der Waals surface area contributed by atoms with Crippen molar-refractivity contribution in [2.45, 2.75) is 225 Å². The molecule has 10 nitrogen and oxygen atoms in total. The molecule has 0 aliphatic heterocycles. The maximum atomic E-state index is 11.8. The minimum Gasteiger partial charge on any atom is -0.494 e. The first kappa shape index (κ1) is 100. The second-order valence-corrected chi connectivity index (χ2v) is 45.6. The predicted octanol–water partition coefficient (Wildman–Crippen LogP) is 30.7. The lowest BCUT2D eigenvalue weighted by Crippen LogP contribution is -2.27. The first-order valence-electron chi connectivity index (χ1n) is 44.6. The molecule has 0 aromatic heterocycles. The number of ether oxygens (including phenoxy) is 8. The molecule has 15 heteroatoms. The Balaban J connectivity index is 0.000000159. The van der Waals surface area contributed by atoms with Gasteiger partial charge in [0, 0.05) is 0 Å². The summed E-state index contributed by atoms with van der Waals surface area (Å²) in [7, 11) is -0.795. The average molecular weight is 1850 g/mol. The molecule has 0 unspecified atom stereocenters. The number of benzene rings is 15. The lowest BCUT2D eigenvalue weighted by atomic mass is 10.2. The number of carbonyl (C=O) groups is 2. The van der Waals surface area contributed by atoms with E-state index in [1.54, 1.807) is 0 Å². The monoisotopic (exact) mass is 1850 g/mol. The molecule has 0 aliphatic rings. The van der Waals surface area contributed by atoms with Crippen LogP contribution in [0, 0.1) is 0 Å². The smallest absolute Gasteiger partial charge is 0.494 e. The van der Waals surface area contributed by atoms with Crippen molar-refractivity contribution in [1.29, 1.82) is 0 Å². The van der Waals surface area contributed by atoms with E-state index in [2.05, 4.69) is 427 Å². The lowest BCUT2D eigenvalue weighted by molar-refractivity contribution is -0.157. The van der Waals surface area contributed by atoms with E-state index in [1.165, 1.54) is 68.5 Å². The molecule has 0 amide bonds. The minimum atomic E-state index is -0.694. The summed E-state index contributed by atoms with van der Waals surface area (Å²) in [5.41, 5.74) is -1.67. The van der Waals surface area contributed by atoms with Crippen LogP contribution >= 0.6 is 0 Å². The summed E-state index contributed by atoms with van der Waals surface area (Å²) < 4.78 is 45.1. The summed E-state index contributed by atoms with van der Waals surface area (Å²) in [6.45, 7) is 32.4. The van der Waals surface area contributed by atoms with Gasteiger partial charge in [-0.3, -0.25) is 0 Å². The maximum Gasteiger partial charge on any atom is 0.514 e. The molecular formula is C117H125O10S5+5. The van der Waals surface area contributed by atoms with Crippen LogP contribution in [-0.2, 0) is 68.7 Å². The van der Waals surface area contributed by atoms with Gasteiger partial charge in [-0.05, 0) is 365 Å². The molecule has 0 saturated heterocycles. The summed E-state index contributed by atoms with van der Waals surface area (Å²) in [6, 6.07) is 145. The van der Waals surface area contributed by atoms with Gasteiger partial charge in [0.05, 0.1) is 61.1 Å². The fourth-order valence-electron chi connectivity index (χ4n) is 13.2. The SMILES string of the molecule is CC(C)(C)OC(=O)COc1ccc([S+](c2ccccc2)c2ccccc2)cc1.CC(C)(C)OC(=O)Oc1ccc([S+](c2ccccc2)c2ccccc2)cc1.CC(C)(C)Oc1ccc([S+](c2ccccc2)c2ccc(OC(C)(C)C)cc2)cc1.CC(C)(C)Oc1ccc([S+](c2ccccc2)c2ccccc2)cc1.CCCCOc1ccc([S+](c2ccccc2)c2ccccc2)cc1. The van der Waals surface area contributed by atoms with Crippen molar-refractivity contribution in [1.82, 2.24) is 0 Å². The van der Waals surface area contributed by atoms with Crippen molar-refractivity contribution in [3.63, 3.8) is 0 Å². The summed E-state index contributed by atoms with van der Waals surface area (Å²) in [4.78, 5) is 42.8. The second-order valence-electron chi connectivity index (χ2n) is 35.5. The molecule has 0 atom stereocenters. The van der Waals surface area contributed by atoms with Gasteiger partial charge in [-0.1, -0.05) is 177 Å². The van der Waals surface area contributed by atoms with Crippen LogP contribution in [0.4, 0.5) is 4.79 Å². The molecule has 0 N–H and O–H groups in total. The number of hydrogen-bond acceptors (Lipinski definition) is 10. The highest BCUT2D eigenvalue weighted by Crippen LogP contribution is 2.39. The van der Waals surface area contributed by atoms with Crippen molar-refractivity contribution in [2.24, 2.45) is 0 Å². The Bertz CT molecular complexity index is 5630. The van der Waals surface area contributed by atoms with Crippen molar-refractivity contribution < 1.29 is 47.5 Å². The Hall–Kier alpha value is -12.2. The van der Waals surface area contributed by atoms with Gasteiger partial charge in [0.25, 0.3) is 0 Å². The van der Waals surface area contributed by atoms with Crippen molar-refractivity contribution in [3.8, 4) is 34.5 Å². The molecule has 0 bridgehead atoms. The molecule has 0 radical (unpaired) electrons. The molecule has 15 aromatic rings. The molecule has 0 heterocycles. The third-order valence-corrected chi connectivity index (χ3v) is 29.7. The number of rotatable bonds is 26. The quantitative estimate of drug-likeness (QED) is 0.0225. The number of esters is 1. The number of hydrogen-bond donors (Lipinski definition) is 0. The topological polar surface area (TPSA) is 108 Å². The Morgan fingerprint density at radius 2 is 0.394 bits per heavy atom. The zero-order chi connectivity index (χ0) is 93.9. The Morgan fingerprint density at radius 1 is 0.212 bits per heavy atom. The van der Waals surface area contributed by atoms with E-state index < -0.39 is 17.4 Å². The van der Waals surface area contributed by atoms with Crippen LogP contribution in [0.5, 0.6) is 34.5 Å². The van der Waals surface area contributed by atoms with E-state index in [4.69, 9.17) is 37.9 Å². The van der Waals surface area contributed by atoms with Gasteiger partial charge in [-0.15, -0.1) is 0 Å². The van der Waals surface area contributed by atoms with Crippen molar-refractivity contribution in [2.75, 3.05) is 13.2 Å². The zero-order valence-electron chi connectivity index (χ0n) is 78.8. The third-order valence-electron chi connectivity index (χ3n) is 18.6. The van der Waals surface area contributed by atoms with Crippen molar-refractivity contribution >= 4 is 66.6 Å². The maximum absolute atomic E-state index is 11.8.